The normalized spacial score (nSPS) is 11.2. The number of halogens is 1. The fourth-order valence-electron chi connectivity index (χ4n) is 1.90. The Balaban J connectivity index is 0.00000120. The van der Waals surface area contributed by atoms with Gasteiger partial charge in [-0.3, -0.25) is 0 Å². The largest absolute Gasteiger partial charge is 1.00 e. The summed E-state index contributed by atoms with van der Waals surface area (Å²) in [5, 5.41) is 6.57. The van der Waals surface area contributed by atoms with Gasteiger partial charge in [0, 0.05) is 0 Å². The van der Waals surface area contributed by atoms with Crippen LogP contribution >= 0.6 is 41.3 Å². The van der Waals surface area contributed by atoms with Crippen molar-refractivity contribution in [1.82, 2.24) is 0 Å². The zero-order valence-corrected chi connectivity index (χ0v) is 15.2. The summed E-state index contributed by atoms with van der Waals surface area (Å²) in [6.45, 7) is 2.44. The second-order valence-corrected chi connectivity index (χ2v) is 11.1. The Kier molecular flexibility index (Phi) is 5.00. The van der Waals surface area contributed by atoms with E-state index in [9.17, 15) is 0 Å². The van der Waals surface area contributed by atoms with Crippen molar-refractivity contribution >= 4 is 55.1 Å². The lowest BCUT2D eigenvalue weighted by molar-refractivity contribution is -0.00000309. The molecule has 5 heteroatoms. The summed E-state index contributed by atoms with van der Waals surface area (Å²) in [7, 11) is -1.33. The zero-order valence-electron chi connectivity index (χ0n) is 9.75. The van der Waals surface area contributed by atoms with Crippen LogP contribution in [0.2, 0.25) is 0 Å². The van der Waals surface area contributed by atoms with E-state index in [0.29, 0.717) is 0 Å². The average molecular weight is 422 g/mol. The van der Waals surface area contributed by atoms with Gasteiger partial charge >= 0.3 is 0 Å². The summed E-state index contributed by atoms with van der Waals surface area (Å²) >= 11 is 5.67. The van der Waals surface area contributed by atoms with Gasteiger partial charge < -0.3 is 24.0 Å². The summed E-state index contributed by atoms with van der Waals surface area (Å²) in [4.78, 5) is 0. The minimum atomic E-state index is -1.33. The van der Waals surface area contributed by atoms with Gasteiger partial charge in [0.2, 0.25) is 0 Å². The minimum absolute atomic E-state index is 0. The molecule has 0 aliphatic rings. The van der Waals surface area contributed by atoms with Crippen LogP contribution in [0.3, 0.4) is 0 Å². The van der Waals surface area contributed by atoms with Crippen molar-refractivity contribution in [1.29, 1.82) is 0 Å². The van der Waals surface area contributed by atoms with Gasteiger partial charge in [0.05, 0.1) is 6.66 Å². The molecule has 0 aliphatic carbocycles. The molecule has 0 radical (unpaired) electrons. The van der Waals surface area contributed by atoms with Crippen LogP contribution in [0.1, 0.15) is 0 Å². The Labute approximate surface area is 137 Å². The molecule has 0 bridgehead atoms. The molecular formula is C13H12IPS3. The minimum Gasteiger partial charge on any atom is -1.00 e. The third-order valence-electron chi connectivity index (χ3n) is 2.84. The van der Waals surface area contributed by atoms with Crippen LogP contribution in [-0.4, -0.2) is 6.66 Å². The summed E-state index contributed by atoms with van der Waals surface area (Å²) < 4.78 is 4.59. The van der Waals surface area contributed by atoms with Crippen molar-refractivity contribution in [3.8, 4) is 0 Å². The van der Waals surface area contributed by atoms with Crippen LogP contribution in [0, 0.1) is 0 Å². The smallest absolute Gasteiger partial charge is 0.158 e. The van der Waals surface area contributed by atoms with Crippen LogP contribution in [0.4, 0.5) is 0 Å². The third kappa shape index (κ3) is 2.46. The lowest BCUT2D eigenvalue weighted by Gasteiger charge is -2.16. The van der Waals surface area contributed by atoms with E-state index in [-0.39, 0.29) is 24.0 Å². The van der Waals surface area contributed by atoms with Gasteiger partial charge in [0.1, 0.15) is 7.26 Å². The van der Waals surface area contributed by atoms with Crippen molar-refractivity contribution in [3.63, 3.8) is 0 Å². The summed E-state index contributed by atoms with van der Waals surface area (Å²) in [6, 6.07) is 13.4. The van der Waals surface area contributed by atoms with Crippen LogP contribution in [-0.2, 0) is 0 Å². The van der Waals surface area contributed by atoms with E-state index < -0.39 is 7.26 Å². The fourth-order valence-corrected chi connectivity index (χ4v) is 10.4. The van der Waals surface area contributed by atoms with E-state index in [1.165, 1.54) is 13.9 Å². The van der Waals surface area contributed by atoms with Gasteiger partial charge in [-0.2, -0.15) is 0 Å². The molecule has 3 aromatic rings. The average Bonchev–Trinajstić information content (AvgIpc) is 3.10. The van der Waals surface area contributed by atoms with Crippen LogP contribution < -0.4 is 37.8 Å². The second kappa shape index (κ2) is 6.14. The van der Waals surface area contributed by atoms with Crippen molar-refractivity contribution in [3.05, 3.63) is 52.5 Å². The molecule has 3 rings (SSSR count). The Hall–Kier alpha value is 0.260. The highest BCUT2D eigenvalue weighted by atomic mass is 127. The molecule has 0 fully saturated rings. The predicted molar refractivity (Wildman–Crippen MR) is 84.7 cm³/mol. The van der Waals surface area contributed by atoms with E-state index in [4.69, 9.17) is 0 Å². The van der Waals surface area contributed by atoms with Crippen molar-refractivity contribution in [2.75, 3.05) is 6.66 Å². The first-order valence-electron chi connectivity index (χ1n) is 5.30. The number of hydrogen-bond donors (Lipinski definition) is 0. The summed E-state index contributed by atoms with van der Waals surface area (Å²) in [5.74, 6) is 0. The fraction of sp³-hybridized carbons (Fsp3) is 0.0769. The Morgan fingerprint density at radius 3 is 1.28 bits per heavy atom. The standard InChI is InChI=1S/C13H12PS3.HI/c1-14(11-5-2-8-15-11,12-6-3-9-16-12)13-7-4-10-17-13;/h2-10H,1H3;1H/q+1;/p-1. The Morgan fingerprint density at radius 1 is 0.722 bits per heavy atom. The quantitative estimate of drug-likeness (QED) is 0.433. The highest BCUT2D eigenvalue weighted by molar-refractivity contribution is 8.03. The predicted octanol–water partition coefficient (Wildman–Crippen LogP) is 0.799. The molecule has 94 valence electrons. The molecule has 0 aliphatic heterocycles. The first-order valence-corrected chi connectivity index (χ1v) is 10.2. The zero-order chi connectivity index (χ0) is 11.7. The van der Waals surface area contributed by atoms with Crippen LogP contribution in [0.15, 0.2) is 52.5 Å². The second-order valence-electron chi connectivity index (χ2n) is 3.86. The van der Waals surface area contributed by atoms with E-state index in [2.05, 4.69) is 59.2 Å². The molecule has 0 saturated carbocycles. The molecule has 0 unspecified atom stereocenters. The van der Waals surface area contributed by atoms with Crippen molar-refractivity contribution in [2.45, 2.75) is 0 Å². The Morgan fingerprint density at radius 2 is 1.06 bits per heavy atom. The molecule has 18 heavy (non-hydrogen) atoms. The van der Waals surface area contributed by atoms with Gasteiger partial charge in [0.25, 0.3) is 0 Å². The summed E-state index contributed by atoms with van der Waals surface area (Å²) in [5.41, 5.74) is 0. The van der Waals surface area contributed by atoms with Gasteiger partial charge in [-0.15, -0.1) is 34.0 Å². The van der Waals surface area contributed by atoms with E-state index in [1.54, 1.807) is 0 Å². The molecule has 3 heterocycles. The van der Waals surface area contributed by atoms with E-state index in [1.807, 2.05) is 34.0 Å². The maximum Gasteiger partial charge on any atom is 0.158 e. The molecule has 0 atom stereocenters. The SMILES string of the molecule is C[P+](c1cccs1)(c1cccs1)c1cccs1.[I-]. The van der Waals surface area contributed by atoms with Gasteiger partial charge in [-0.05, 0) is 52.5 Å². The van der Waals surface area contributed by atoms with Crippen LogP contribution in [0.25, 0.3) is 0 Å². The summed E-state index contributed by atoms with van der Waals surface area (Å²) in [6.07, 6.45) is 0. The number of thiophene rings is 3. The van der Waals surface area contributed by atoms with Gasteiger partial charge in [-0.25, -0.2) is 0 Å². The lowest BCUT2D eigenvalue weighted by Crippen LogP contribution is -3.00. The Bertz CT molecular complexity index is 486. The molecule has 0 saturated heterocycles. The van der Waals surface area contributed by atoms with Crippen molar-refractivity contribution < 1.29 is 24.0 Å². The third-order valence-corrected chi connectivity index (χ3v) is 12.2. The molecule has 0 nitrogen and oxygen atoms in total. The number of hydrogen-bond acceptors (Lipinski definition) is 3. The number of rotatable bonds is 3. The molecule has 0 spiro atoms. The highest BCUT2D eigenvalue weighted by Gasteiger charge is 2.43. The van der Waals surface area contributed by atoms with Crippen LogP contribution in [0.5, 0.6) is 0 Å². The first-order chi connectivity index (χ1) is 8.32. The molecule has 0 amide bonds. The molecule has 0 aromatic carbocycles. The van der Waals surface area contributed by atoms with E-state index >= 15 is 0 Å². The van der Waals surface area contributed by atoms with Gasteiger partial charge in [-0.1, -0.05) is 0 Å². The topological polar surface area (TPSA) is 0 Å². The van der Waals surface area contributed by atoms with Crippen molar-refractivity contribution in [2.24, 2.45) is 0 Å². The first kappa shape index (κ1) is 14.7. The maximum absolute atomic E-state index is 2.44. The highest BCUT2D eigenvalue weighted by Crippen LogP contribution is 2.54. The van der Waals surface area contributed by atoms with Gasteiger partial charge in [0.15, 0.2) is 13.9 Å². The maximum atomic E-state index is 2.44. The molecular weight excluding hydrogens is 410 g/mol. The monoisotopic (exact) mass is 422 g/mol. The lowest BCUT2D eigenvalue weighted by atomic mass is 10.7. The van der Waals surface area contributed by atoms with E-state index in [0.717, 1.165) is 0 Å². The molecule has 0 N–H and O–H groups in total. The molecule has 3 aromatic heterocycles.